The molecule has 5 rings (SSSR count). The lowest BCUT2D eigenvalue weighted by Gasteiger charge is -2.35. The van der Waals surface area contributed by atoms with Crippen LogP contribution in [-0.2, 0) is 4.79 Å². The molecule has 0 saturated carbocycles. The maximum atomic E-state index is 13.6. The first-order valence-corrected chi connectivity index (χ1v) is 11.3. The molecule has 2 heterocycles. The number of anilines is 1. The van der Waals surface area contributed by atoms with Gasteiger partial charge < -0.3 is 19.5 Å². The van der Waals surface area contributed by atoms with Crippen LogP contribution in [-0.4, -0.2) is 41.9 Å². The molecule has 0 saturated heterocycles. The van der Waals surface area contributed by atoms with E-state index < -0.39 is 6.04 Å². The normalized spacial score (nSPS) is 19.3. The fraction of sp³-hybridized carbons (Fsp3) is 0.320. The van der Waals surface area contributed by atoms with Crippen LogP contribution in [0.3, 0.4) is 0 Å². The van der Waals surface area contributed by atoms with E-state index in [1.54, 1.807) is 26.0 Å². The summed E-state index contributed by atoms with van der Waals surface area (Å²) in [6.45, 7) is 1.83. The van der Waals surface area contributed by atoms with E-state index in [2.05, 4.69) is 15.4 Å². The number of ether oxygens (including phenoxy) is 3. The molecular weight excluding hydrogens is 456 g/mol. The SMILES string of the molecule is COc1cc([C@H]2C3=C(C[C@H](c4ccc(Cl)cc4)CC3=O)Nc3nc(C)nn32)cc(OC)c1OC. The van der Waals surface area contributed by atoms with Gasteiger partial charge in [0.15, 0.2) is 17.3 Å². The summed E-state index contributed by atoms with van der Waals surface area (Å²) in [5.41, 5.74) is 3.42. The summed E-state index contributed by atoms with van der Waals surface area (Å²) in [7, 11) is 4.70. The predicted octanol–water partition coefficient (Wildman–Crippen LogP) is 4.68. The van der Waals surface area contributed by atoms with Crippen LogP contribution < -0.4 is 19.5 Å². The zero-order chi connectivity index (χ0) is 24.0. The first kappa shape index (κ1) is 22.3. The highest BCUT2D eigenvalue weighted by atomic mass is 35.5. The molecule has 0 amide bonds. The summed E-state index contributed by atoms with van der Waals surface area (Å²) >= 11 is 6.07. The van der Waals surface area contributed by atoms with Gasteiger partial charge in [-0.3, -0.25) is 4.79 Å². The van der Waals surface area contributed by atoms with E-state index >= 15 is 0 Å². The molecule has 3 aromatic rings. The van der Waals surface area contributed by atoms with Crippen LogP contribution in [0.4, 0.5) is 5.95 Å². The summed E-state index contributed by atoms with van der Waals surface area (Å²) in [5.74, 6) is 2.83. The summed E-state index contributed by atoms with van der Waals surface area (Å²) in [6, 6.07) is 10.9. The van der Waals surface area contributed by atoms with Gasteiger partial charge in [0.25, 0.3) is 0 Å². The largest absolute Gasteiger partial charge is 0.493 e. The lowest BCUT2D eigenvalue weighted by molar-refractivity contribution is -0.116. The van der Waals surface area contributed by atoms with Gasteiger partial charge >= 0.3 is 0 Å². The minimum Gasteiger partial charge on any atom is -0.493 e. The topological polar surface area (TPSA) is 87.5 Å². The van der Waals surface area contributed by atoms with Gasteiger partial charge in [-0.1, -0.05) is 23.7 Å². The summed E-state index contributed by atoms with van der Waals surface area (Å²) in [5, 5.41) is 8.65. The Kier molecular flexibility index (Phi) is 5.69. The second-order valence-electron chi connectivity index (χ2n) is 8.39. The number of nitrogens with zero attached hydrogens (tertiary/aromatic N) is 3. The summed E-state index contributed by atoms with van der Waals surface area (Å²) in [6.07, 6.45) is 1.07. The van der Waals surface area contributed by atoms with Gasteiger partial charge in [0, 0.05) is 22.7 Å². The third-order valence-electron chi connectivity index (χ3n) is 6.37. The molecule has 1 aliphatic carbocycles. The van der Waals surface area contributed by atoms with Crippen LogP contribution in [0.1, 0.15) is 41.8 Å². The van der Waals surface area contributed by atoms with E-state index in [4.69, 9.17) is 25.8 Å². The zero-order valence-electron chi connectivity index (χ0n) is 19.4. The Bertz CT molecular complexity index is 1270. The minimum atomic E-state index is -0.472. The lowest BCUT2D eigenvalue weighted by Crippen LogP contribution is -2.33. The molecule has 34 heavy (non-hydrogen) atoms. The van der Waals surface area contributed by atoms with Crippen molar-refractivity contribution in [3.8, 4) is 17.2 Å². The summed E-state index contributed by atoms with van der Waals surface area (Å²) in [4.78, 5) is 18.2. The molecule has 2 aromatic carbocycles. The fourth-order valence-electron chi connectivity index (χ4n) is 4.86. The highest BCUT2D eigenvalue weighted by Gasteiger charge is 2.40. The monoisotopic (exact) mass is 480 g/mol. The Morgan fingerprint density at radius 2 is 1.68 bits per heavy atom. The van der Waals surface area contributed by atoms with Crippen LogP contribution in [0.5, 0.6) is 17.2 Å². The molecule has 1 aliphatic heterocycles. The van der Waals surface area contributed by atoms with Crippen molar-refractivity contribution in [2.45, 2.75) is 31.7 Å². The van der Waals surface area contributed by atoms with Crippen LogP contribution in [0.15, 0.2) is 47.7 Å². The molecule has 2 aliphatic rings. The van der Waals surface area contributed by atoms with Gasteiger partial charge in [0.2, 0.25) is 11.7 Å². The average Bonchev–Trinajstić information content (AvgIpc) is 3.21. The van der Waals surface area contributed by atoms with Gasteiger partial charge in [0.05, 0.1) is 21.3 Å². The Balaban J connectivity index is 1.64. The molecule has 1 aromatic heterocycles. The number of aromatic nitrogens is 3. The van der Waals surface area contributed by atoms with Crippen molar-refractivity contribution in [3.05, 3.63) is 69.6 Å². The smallest absolute Gasteiger partial charge is 0.226 e. The third-order valence-corrected chi connectivity index (χ3v) is 6.62. The van der Waals surface area contributed by atoms with Crippen LogP contribution in [0.2, 0.25) is 5.02 Å². The van der Waals surface area contributed by atoms with Crippen molar-refractivity contribution in [2.24, 2.45) is 0 Å². The maximum absolute atomic E-state index is 13.6. The maximum Gasteiger partial charge on any atom is 0.226 e. The van der Waals surface area contributed by atoms with E-state index in [-0.39, 0.29) is 11.7 Å². The van der Waals surface area contributed by atoms with E-state index in [0.717, 1.165) is 16.8 Å². The van der Waals surface area contributed by atoms with Crippen molar-refractivity contribution < 1.29 is 19.0 Å². The molecule has 0 unspecified atom stereocenters. The van der Waals surface area contributed by atoms with Crippen molar-refractivity contribution in [1.29, 1.82) is 0 Å². The molecule has 1 N–H and O–H groups in total. The Morgan fingerprint density at radius 1 is 1.00 bits per heavy atom. The van der Waals surface area contributed by atoms with Crippen molar-refractivity contribution >= 4 is 23.3 Å². The van der Waals surface area contributed by atoms with Crippen LogP contribution >= 0.6 is 11.6 Å². The molecule has 0 radical (unpaired) electrons. The second kappa shape index (κ2) is 8.68. The van der Waals surface area contributed by atoms with E-state index in [0.29, 0.717) is 52.5 Å². The molecule has 0 bridgehead atoms. The summed E-state index contributed by atoms with van der Waals surface area (Å²) < 4.78 is 18.4. The first-order chi connectivity index (χ1) is 16.4. The van der Waals surface area contributed by atoms with Crippen molar-refractivity contribution in [2.75, 3.05) is 26.6 Å². The van der Waals surface area contributed by atoms with Crippen molar-refractivity contribution in [3.63, 3.8) is 0 Å². The van der Waals surface area contributed by atoms with Gasteiger partial charge in [-0.15, -0.1) is 0 Å². The number of hydrogen-bond acceptors (Lipinski definition) is 7. The number of fused-ring (bicyclic) bond motifs is 1. The number of aryl methyl sites for hydroxylation is 1. The highest BCUT2D eigenvalue weighted by Crippen LogP contribution is 2.47. The number of halogens is 1. The Hall–Kier alpha value is -3.52. The molecule has 8 nitrogen and oxygen atoms in total. The van der Waals surface area contributed by atoms with Gasteiger partial charge in [-0.05, 0) is 54.7 Å². The van der Waals surface area contributed by atoms with Crippen LogP contribution in [0.25, 0.3) is 0 Å². The second-order valence-corrected chi connectivity index (χ2v) is 8.82. The first-order valence-electron chi connectivity index (χ1n) is 10.9. The number of carbonyl (C=O) groups is 1. The molecule has 0 spiro atoms. The molecule has 9 heteroatoms. The quantitative estimate of drug-likeness (QED) is 0.567. The Labute approximate surface area is 202 Å². The number of ketones is 1. The van der Waals surface area contributed by atoms with Gasteiger partial charge in [-0.25, -0.2) is 4.68 Å². The number of methoxy groups -OCH3 is 3. The highest BCUT2D eigenvalue weighted by molar-refractivity contribution is 6.30. The lowest BCUT2D eigenvalue weighted by atomic mass is 9.78. The number of allylic oxidation sites excluding steroid dienone is 2. The number of carbonyl (C=O) groups excluding carboxylic acids is 1. The van der Waals surface area contributed by atoms with E-state index in [1.165, 1.54) is 0 Å². The van der Waals surface area contributed by atoms with Crippen molar-refractivity contribution in [1.82, 2.24) is 14.8 Å². The zero-order valence-corrected chi connectivity index (χ0v) is 20.1. The Morgan fingerprint density at radius 3 is 2.29 bits per heavy atom. The minimum absolute atomic E-state index is 0.0483. The number of Topliss-reactive ketones (excluding diaryl/α,β-unsaturated/α-hetero) is 1. The molecule has 2 atom stereocenters. The standard InChI is InChI=1S/C25H25ClN4O4/c1-13-27-25-28-18-9-15(14-5-7-17(26)8-6-14)10-19(31)22(18)23(30(25)29-13)16-11-20(32-2)24(34-4)21(12-16)33-3/h5-8,11-12,15,23H,9-10H2,1-4H3,(H,27,28,29)/t15-,23-/m0/s1. The van der Waals surface area contributed by atoms with Crippen LogP contribution in [0, 0.1) is 6.92 Å². The number of rotatable bonds is 5. The molecular formula is C25H25ClN4O4. The fourth-order valence-corrected chi connectivity index (χ4v) is 4.98. The number of nitrogens with one attached hydrogen (secondary N) is 1. The number of hydrogen-bond donors (Lipinski definition) is 1. The van der Waals surface area contributed by atoms with E-state index in [9.17, 15) is 4.79 Å². The van der Waals surface area contributed by atoms with Gasteiger partial charge in [0.1, 0.15) is 11.9 Å². The third kappa shape index (κ3) is 3.68. The number of benzene rings is 2. The van der Waals surface area contributed by atoms with E-state index in [1.807, 2.05) is 43.3 Å². The molecule has 176 valence electrons. The van der Waals surface area contributed by atoms with Gasteiger partial charge in [-0.2, -0.15) is 10.1 Å². The molecule has 0 fully saturated rings. The average molecular weight is 481 g/mol. The predicted molar refractivity (Wildman–Crippen MR) is 128 cm³/mol.